The first kappa shape index (κ1) is 18.2. The number of nitrogens with one attached hydrogen (secondary N) is 1. The molecule has 144 valence electrons. The Morgan fingerprint density at radius 3 is 2.26 bits per heavy atom. The molecule has 1 N–H and O–H groups in total. The van der Waals surface area contributed by atoms with Crippen molar-refractivity contribution in [2.24, 2.45) is 0 Å². The van der Waals surface area contributed by atoms with E-state index in [1.807, 2.05) is 12.4 Å². The number of piperidine rings is 1. The van der Waals surface area contributed by atoms with Crippen molar-refractivity contribution in [1.29, 1.82) is 0 Å². The average molecular weight is 367 g/mol. The van der Waals surface area contributed by atoms with Crippen LogP contribution < -0.4 is 15.0 Å². The van der Waals surface area contributed by atoms with Crippen LogP contribution >= 0.6 is 0 Å². The average Bonchev–Trinajstić information content (AvgIpc) is 3.24. The third kappa shape index (κ3) is 4.08. The summed E-state index contributed by atoms with van der Waals surface area (Å²) < 4.78 is 5.31. The molecule has 0 spiro atoms. The maximum absolute atomic E-state index is 5.31. The van der Waals surface area contributed by atoms with Crippen molar-refractivity contribution < 1.29 is 4.74 Å². The zero-order valence-electron chi connectivity index (χ0n) is 16.3. The topological polar surface area (TPSA) is 50.3 Å². The fourth-order valence-electron chi connectivity index (χ4n) is 4.42. The molecule has 1 aromatic heterocycles. The molecular formula is C22H30N4O. The van der Waals surface area contributed by atoms with Crippen LogP contribution in [0, 0.1) is 0 Å². The Balaban J connectivity index is 1.43. The van der Waals surface area contributed by atoms with Gasteiger partial charge in [-0.2, -0.15) is 0 Å². The minimum Gasteiger partial charge on any atom is -0.497 e. The van der Waals surface area contributed by atoms with Crippen LogP contribution in [-0.4, -0.2) is 30.2 Å². The summed E-state index contributed by atoms with van der Waals surface area (Å²) in [7, 11) is 1.71. The minimum atomic E-state index is 0.0534. The highest BCUT2D eigenvalue weighted by atomic mass is 16.5. The molecule has 0 bridgehead atoms. The molecule has 0 atom stereocenters. The summed E-state index contributed by atoms with van der Waals surface area (Å²) in [5, 5.41) is 3.83. The second-order valence-electron chi connectivity index (χ2n) is 7.81. The van der Waals surface area contributed by atoms with Gasteiger partial charge < -0.3 is 15.0 Å². The standard InChI is InChI=1S/C22H30N4O/c1-27-20-9-7-19(8-10-20)22(11-3-4-12-22)25-17-18-15-23-21(24-16-18)26-13-5-2-6-14-26/h7-10,15-16,25H,2-6,11-14,17H2,1H3. The summed E-state index contributed by atoms with van der Waals surface area (Å²) in [4.78, 5) is 11.6. The van der Waals surface area contributed by atoms with Crippen LogP contribution in [-0.2, 0) is 12.1 Å². The van der Waals surface area contributed by atoms with Crippen LogP contribution in [0.4, 0.5) is 5.95 Å². The smallest absolute Gasteiger partial charge is 0.225 e. The predicted molar refractivity (Wildman–Crippen MR) is 108 cm³/mol. The number of nitrogens with zero attached hydrogens (tertiary/aromatic N) is 3. The Morgan fingerprint density at radius 1 is 0.963 bits per heavy atom. The lowest BCUT2D eigenvalue weighted by atomic mass is 9.88. The molecule has 1 aliphatic heterocycles. The zero-order chi connectivity index (χ0) is 18.5. The summed E-state index contributed by atoms with van der Waals surface area (Å²) >= 11 is 0. The van der Waals surface area contributed by atoms with E-state index < -0.39 is 0 Å². The highest BCUT2D eigenvalue weighted by molar-refractivity contribution is 5.33. The largest absolute Gasteiger partial charge is 0.497 e. The van der Waals surface area contributed by atoms with Crippen molar-refractivity contribution in [1.82, 2.24) is 15.3 Å². The van der Waals surface area contributed by atoms with Gasteiger partial charge in [-0.25, -0.2) is 9.97 Å². The van der Waals surface area contributed by atoms with Gasteiger partial charge in [0.05, 0.1) is 7.11 Å². The molecule has 0 unspecified atom stereocenters. The summed E-state index contributed by atoms with van der Waals surface area (Å²) in [6, 6.07) is 8.53. The third-order valence-electron chi connectivity index (χ3n) is 6.06. The van der Waals surface area contributed by atoms with Crippen LogP contribution in [0.1, 0.15) is 56.1 Å². The van der Waals surface area contributed by atoms with Crippen LogP contribution in [0.15, 0.2) is 36.7 Å². The number of anilines is 1. The lowest BCUT2D eigenvalue weighted by molar-refractivity contribution is 0.337. The molecule has 27 heavy (non-hydrogen) atoms. The quantitative estimate of drug-likeness (QED) is 0.836. The first-order chi connectivity index (χ1) is 13.3. The lowest BCUT2D eigenvalue weighted by Gasteiger charge is -2.31. The third-order valence-corrected chi connectivity index (χ3v) is 6.06. The molecular weight excluding hydrogens is 336 g/mol. The van der Waals surface area contributed by atoms with Crippen LogP contribution in [0.2, 0.25) is 0 Å². The molecule has 1 saturated carbocycles. The van der Waals surface area contributed by atoms with E-state index in [2.05, 4.69) is 44.5 Å². The number of hydrogen-bond donors (Lipinski definition) is 1. The van der Waals surface area contributed by atoms with Gasteiger partial charge in [0, 0.05) is 43.1 Å². The Hall–Kier alpha value is -2.14. The lowest BCUT2D eigenvalue weighted by Crippen LogP contribution is -2.39. The number of hydrogen-bond acceptors (Lipinski definition) is 5. The molecule has 0 amide bonds. The van der Waals surface area contributed by atoms with E-state index in [0.29, 0.717) is 0 Å². The molecule has 5 heteroatoms. The van der Waals surface area contributed by atoms with Crippen molar-refractivity contribution in [2.75, 3.05) is 25.1 Å². The first-order valence-electron chi connectivity index (χ1n) is 10.2. The van der Waals surface area contributed by atoms with E-state index in [4.69, 9.17) is 4.74 Å². The van der Waals surface area contributed by atoms with Crippen LogP contribution in [0.3, 0.4) is 0 Å². The van der Waals surface area contributed by atoms with Gasteiger partial charge in [-0.1, -0.05) is 25.0 Å². The predicted octanol–water partition coefficient (Wildman–Crippen LogP) is 4.03. The monoisotopic (exact) mass is 366 g/mol. The molecule has 4 rings (SSSR count). The molecule has 5 nitrogen and oxygen atoms in total. The van der Waals surface area contributed by atoms with Crippen molar-refractivity contribution in [3.8, 4) is 5.75 Å². The summed E-state index contributed by atoms with van der Waals surface area (Å²) in [5.41, 5.74) is 2.56. The van der Waals surface area contributed by atoms with E-state index >= 15 is 0 Å². The SMILES string of the molecule is COc1ccc(C2(NCc3cnc(N4CCCCC4)nc3)CCCC2)cc1. The molecule has 2 fully saturated rings. The summed E-state index contributed by atoms with van der Waals surface area (Å²) in [6.45, 7) is 2.96. The van der Waals surface area contributed by atoms with E-state index in [1.54, 1.807) is 7.11 Å². The molecule has 1 aromatic carbocycles. The Bertz CT molecular complexity index is 717. The zero-order valence-corrected chi connectivity index (χ0v) is 16.3. The van der Waals surface area contributed by atoms with Gasteiger partial charge in [0.15, 0.2) is 0 Å². The van der Waals surface area contributed by atoms with E-state index in [9.17, 15) is 0 Å². The van der Waals surface area contributed by atoms with Gasteiger partial charge in [-0.3, -0.25) is 0 Å². The first-order valence-corrected chi connectivity index (χ1v) is 10.2. The van der Waals surface area contributed by atoms with Crippen LogP contribution in [0.25, 0.3) is 0 Å². The van der Waals surface area contributed by atoms with Gasteiger partial charge >= 0.3 is 0 Å². The molecule has 1 saturated heterocycles. The number of aromatic nitrogens is 2. The summed E-state index contributed by atoms with van der Waals surface area (Å²) in [6.07, 6.45) is 12.7. The van der Waals surface area contributed by atoms with Gasteiger partial charge in [0.2, 0.25) is 5.95 Å². The van der Waals surface area contributed by atoms with Gasteiger partial charge in [-0.05, 0) is 49.8 Å². The number of rotatable bonds is 6. The van der Waals surface area contributed by atoms with Crippen LogP contribution in [0.5, 0.6) is 5.75 Å². The number of ether oxygens (including phenoxy) is 1. The molecule has 2 aliphatic rings. The van der Waals surface area contributed by atoms with Gasteiger partial charge in [0.25, 0.3) is 0 Å². The highest BCUT2D eigenvalue weighted by Gasteiger charge is 2.35. The van der Waals surface area contributed by atoms with Crippen molar-refractivity contribution in [3.05, 3.63) is 47.8 Å². The fraction of sp³-hybridized carbons (Fsp3) is 0.545. The normalized spacial score (nSPS) is 19.2. The van der Waals surface area contributed by atoms with E-state index in [0.717, 1.165) is 36.9 Å². The molecule has 2 heterocycles. The maximum Gasteiger partial charge on any atom is 0.225 e. The number of benzene rings is 1. The molecule has 2 aromatic rings. The Morgan fingerprint density at radius 2 is 1.63 bits per heavy atom. The second kappa shape index (κ2) is 8.26. The second-order valence-corrected chi connectivity index (χ2v) is 7.81. The van der Waals surface area contributed by atoms with E-state index in [1.165, 1.54) is 50.5 Å². The van der Waals surface area contributed by atoms with Gasteiger partial charge in [0.1, 0.15) is 5.75 Å². The van der Waals surface area contributed by atoms with Crippen molar-refractivity contribution in [2.45, 2.75) is 57.0 Å². The number of methoxy groups -OCH3 is 1. The Labute approximate surface area is 162 Å². The highest BCUT2D eigenvalue weighted by Crippen LogP contribution is 2.39. The van der Waals surface area contributed by atoms with Crippen molar-refractivity contribution >= 4 is 5.95 Å². The summed E-state index contributed by atoms with van der Waals surface area (Å²) in [5.74, 6) is 1.79. The Kier molecular flexibility index (Phi) is 5.58. The minimum absolute atomic E-state index is 0.0534. The molecule has 1 aliphatic carbocycles. The van der Waals surface area contributed by atoms with E-state index in [-0.39, 0.29) is 5.54 Å². The molecule has 0 radical (unpaired) electrons. The van der Waals surface area contributed by atoms with Crippen molar-refractivity contribution in [3.63, 3.8) is 0 Å². The maximum atomic E-state index is 5.31. The van der Waals surface area contributed by atoms with Gasteiger partial charge in [-0.15, -0.1) is 0 Å². The fourth-order valence-corrected chi connectivity index (χ4v) is 4.42.